The molecule has 150 valence electrons. The van der Waals surface area contributed by atoms with Gasteiger partial charge in [0.05, 0.1) is 12.2 Å². The number of nitrogens with one attached hydrogen (secondary N) is 2. The second kappa shape index (κ2) is 11.0. The highest BCUT2D eigenvalue weighted by Crippen LogP contribution is 2.19. The molecule has 0 aliphatic carbocycles. The smallest absolute Gasteiger partial charge is 0.276 e. The van der Waals surface area contributed by atoms with Crippen molar-refractivity contribution < 1.29 is 19.1 Å². The maximum Gasteiger partial charge on any atom is 0.276 e. The molecular weight excluding hydrogens is 356 g/mol. The van der Waals surface area contributed by atoms with E-state index in [0.29, 0.717) is 23.7 Å². The number of benzene rings is 2. The first-order chi connectivity index (χ1) is 13.5. The van der Waals surface area contributed by atoms with Crippen LogP contribution in [0.4, 0.5) is 0 Å². The van der Waals surface area contributed by atoms with Crippen LogP contribution in [0.3, 0.4) is 0 Å². The molecule has 0 radical (unpaired) electrons. The lowest BCUT2D eigenvalue weighted by Crippen LogP contribution is -2.44. The van der Waals surface area contributed by atoms with Crippen LogP contribution in [0.2, 0.25) is 0 Å². The first-order valence-electron chi connectivity index (χ1n) is 9.52. The highest BCUT2D eigenvalue weighted by molar-refractivity contribution is 5.97. The first-order valence-corrected chi connectivity index (χ1v) is 9.52. The van der Waals surface area contributed by atoms with Crippen LogP contribution in [0.1, 0.15) is 47.7 Å². The zero-order valence-corrected chi connectivity index (χ0v) is 16.7. The van der Waals surface area contributed by atoms with Crippen LogP contribution in [0, 0.1) is 13.8 Å². The molecular formula is C22H28N2O4. The number of rotatable bonds is 9. The fourth-order valence-corrected chi connectivity index (χ4v) is 2.65. The highest BCUT2D eigenvalue weighted by atomic mass is 16.5. The van der Waals surface area contributed by atoms with Crippen molar-refractivity contribution in [3.63, 3.8) is 0 Å². The SMILES string of the molecule is CCCCCOc1ccccc1C(=O)NNC(=O)COc1ccc(C)cc1C. The molecule has 2 aromatic carbocycles. The average Bonchev–Trinajstić information content (AvgIpc) is 2.69. The van der Waals surface area contributed by atoms with E-state index in [1.807, 2.05) is 38.1 Å². The molecule has 0 aliphatic heterocycles. The van der Waals surface area contributed by atoms with Crippen LogP contribution in [-0.4, -0.2) is 25.0 Å². The van der Waals surface area contributed by atoms with Crippen LogP contribution < -0.4 is 20.3 Å². The van der Waals surface area contributed by atoms with Gasteiger partial charge in [-0.05, 0) is 44.0 Å². The molecule has 0 unspecified atom stereocenters. The summed E-state index contributed by atoms with van der Waals surface area (Å²) in [6.07, 6.45) is 3.10. The Morgan fingerprint density at radius 2 is 1.71 bits per heavy atom. The van der Waals surface area contributed by atoms with Crippen molar-refractivity contribution in [1.82, 2.24) is 10.9 Å². The number of amides is 2. The lowest BCUT2D eigenvalue weighted by Gasteiger charge is -2.13. The number of aryl methyl sites for hydroxylation is 2. The van der Waals surface area contributed by atoms with Crippen molar-refractivity contribution in [1.29, 1.82) is 0 Å². The molecule has 2 N–H and O–H groups in total. The lowest BCUT2D eigenvalue weighted by atomic mass is 10.1. The summed E-state index contributed by atoms with van der Waals surface area (Å²) in [6.45, 7) is 6.38. The minimum Gasteiger partial charge on any atom is -0.493 e. The van der Waals surface area contributed by atoms with Crippen molar-refractivity contribution in [3.8, 4) is 11.5 Å². The number of para-hydroxylation sites is 1. The summed E-state index contributed by atoms with van der Waals surface area (Å²) in [4.78, 5) is 24.4. The molecule has 0 heterocycles. The van der Waals surface area contributed by atoms with E-state index in [9.17, 15) is 9.59 Å². The standard InChI is InChI=1S/C22H28N2O4/c1-4-5-8-13-27-20-10-7-6-9-18(20)22(26)24-23-21(25)15-28-19-12-11-16(2)14-17(19)3/h6-7,9-12,14H,4-5,8,13,15H2,1-3H3,(H,23,25)(H,24,26). The topological polar surface area (TPSA) is 76.7 Å². The summed E-state index contributed by atoms with van der Waals surface area (Å²) in [7, 11) is 0. The van der Waals surface area contributed by atoms with Gasteiger partial charge in [-0.3, -0.25) is 20.4 Å². The van der Waals surface area contributed by atoms with Gasteiger partial charge in [-0.1, -0.05) is 49.6 Å². The van der Waals surface area contributed by atoms with Crippen molar-refractivity contribution in [3.05, 3.63) is 59.2 Å². The maximum atomic E-state index is 12.4. The van der Waals surface area contributed by atoms with Gasteiger partial charge < -0.3 is 9.47 Å². The number of hydrogen-bond acceptors (Lipinski definition) is 4. The fourth-order valence-electron chi connectivity index (χ4n) is 2.65. The molecule has 0 saturated carbocycles. The third-order valence-electron chi connectivity index (χ3n) is 4.14. The monoisotopic (exact) mass is 384 g/mol. The molecule has 0 aromatic heterocycles. The molecule has 0 atom stereocenters. The summed E-state index contributed by atoms with van der Waals surface area (Å²) < 4.78 is 11.2. The van der Waals surface area contributed by atoms with Crippen LogP contribution in [0.25, 0.3) is 0 Å². The third-order valence-corrected chi connectivity index (χ3v) is 4.14. The van der Waals surface area contributed by atoms with E-state index in [2.05, 4.69) is 17.8 Å². The second-order valence-electron chi connectivity index (χ2n) is 6.61. The van der Waals surface area contributed by atoms with Crippen LogP contribution >= 0.6 is 0 Å². The van der Waals surface area contributed by atoms with E-state index < -0.39 is 11.8 Å². The first kappa shape index (κ1) is 21.3. The minimum absolute atomic E-state index is 0.195. The Hall–Kier alpha value is -3.02. The summed E-state index contributed by atoms with van der Waals surface area (Å²) in [5, 5.41) is 0. The predicted molar refractivity (Wildman–Crippen MR) is 108 cm³/mol. The molecule has 2 amide bonds. The van der Waals surface area contributed by atoms with Gasteiger partial charge in [0.1, 0.15) is 11.5 Å². The molecule has 6 nitrogen and oxygen atoms in total. The number of ether oxygens (including phenoxy) is 2. The molecule has 0 spiro atoms. The second-order valence-corrected chi connectivity index (χ2v) is 6.61. The summed E-state index contributed by atoms with van der Waals surface area (Å²) in [6, 6.07) is 12.7. The van der Waals surface area contributed by atoms with E-state index in [0.717, 1.165) is 30.4 Å². The zero-order valence-electron chi connectivity index (χ0n) is 16.7. The van der Waals surface area contributed by atoms with Crippen molar-refractivity contribution in [2.45, 2.75) is 40.0 Å². The lowest BCUT2D eigenvalue weighted by molar-refractivity contribution is -0.123. The van der Waals surface area contributed by atoms with Crippen LogP contribution in [-0.2, 0) is 4.79 Å². The summed E-state index contributed by atoms with van der Waals surface area (Å²) >= 11 is 0. The summed E-state index contributed by atoms with van der Waals surface area (Å²) in [5.41, 5.74) is 7.21. The fraction of sp³-hybridized carbons (Fsp3) is 0.364. The van der Waals surface area contributed by atoms with Gasteiger partial charge in [-0.15, -0.1) is 0 Å². The van der Waals surface area contributed by atoms with Crippen molar-refractivity contribution in [2.24, 2.45) is 0 Å². The van der Waals surface area contributed by atoms with Gasteiger partial charge in [-0.2, -0.15) is 0 Å². The minimum atomic E-state index is -0.449. The third kappa shape index (κ3) is 6.61. The number of hydrazine groups is 1. The Kier molecular flexibility index (Phi) is 8.34. The van der Waals surface area contributed by atoms with Gasteiger partial charge in [-0.25, -0.2) is 0 Å². The Morgan fingerprint density at radius 1 is 0.929 bits per heavy atom. The molecule has 0 fully saturated rings. The van der Waals surface area contributed by atoms with Gasteiger partial charge >= 0.3 is 0 Å². The maximum absolute atomic E-state index is 12.4. The number of unbranched alkanes of at least 4 members (excludes halogenated alkanes) is 2. The number of carbonyl (C=O) groups excluding carboxylic acids is 2. The van der Waals surface area contributed by atoms with E-state index >= 15 is 0 Å². The summed E-state index contributed by atoms with van der Waals surface area (Å²) in [5.74, 6) is 0.246. The molecule has 2 aromatic rings. The van der Waals surface area contributed by atoms with Gasteiger partial charge in [0.25, 0.3) is 11.8 Å². The Labute approximate surface area is 166 Å². The van der Waals surface area contributed by atoms with E-state index in [1.54, 1.807) is 18.2 Å². The number of hydrogen-bond donors (Lipinski definition) is 2. The van der Waals surface area contributed by atoms with E-state index in [-0.39, 0.29) is 6.61 Å². The van der Waals surface area contributed by atoms with Crippen molar-refractivity contribution in [2.75, 3.05) is 13.2 Å². The molecule has 0 saturated heterocycles. The molecule has 6 heteroatoms. The van der Waals surface area contributed by atoms with Crippen molar-refractivity contribution >= 4 is 11.8 Å². The van der Waals surface area contributed by atoms with E-state index in [4.69, 9.17) is 9.47 Å². The van der Waals surface area contributed by atoms with E-state index in [1.165, 1.54) is 0 Å². The van der Waals surface area contributed by atoms with Crippen LogP contribution in [0.15, 0.2) is 42.5 Å². The Bertz CT molecular complexity index is 805. The molecule has 0 bridgehead atoms. The van der Waals surface area contributed by atoms with Crippen LogP contribution in [0.5, 0.6) is 11.5 Å². The van der Waals surface area contributed by atoms with Gasteiger partial charge in [0.2, 0.25) is 0 Å². The quantitative estimate of drug-likeness (QED) is 0.510. The Balaban J connectivity index is 1.83. The normalized spacial score (nSPS) is 10.2. The largest absolute Gasteiger partial charge is 0.493 e. The highest BCUT2D eigenvalue weighted by Gasteiger charge is 2.13. The van der Waals surface area contributed by atoms with Gasteiger partial charge in [0.15, 0.2) is 6.61 Å². The predicted octanol–water partition coefficient (Wildman–Crippen LogP) is 3.71. The zero-order chi connectivity index (χ0) is 20.4. The number of carbonyl (C=O) groups is 2. The molecule has 0 aliphatic rings. The average molecular weight is 384 g/mol. The Morgan fingerprint density at radius 3 is 2.46 bits per heavy atom. The molecule has 28 heavy (non-hydrogen) atoms. The molecule has 2 rings (SSSR count). The van der Waals surface area contributed by atoms with Gasteiger partial charge in [0, 0.05) is 0 Å².